The minimum Gasteiger partial charge on any atom is -0.481 e. The van der Waals surface area contributed by atoms with E-state index in [-0.39, 0.29) is 25.3 Å². The molecule has 0 bridgehead atoms. The van der Waals surface area contributed by atoms with Crippen LogP contribution in [0.2, 0.25) is 5.02 Å². The lowest BCUT2D eigenvalue weighted by molar-refractivity contribution is -0.143. The molecule has 0 unspecified atom stereocenters. The number of benzene rings is 2. The fourth-order valence-corrected chi connectivity index (χ4v) is 6.01. The Morgan fingerprint density at radius 3 is 2.59 bits per heavy atom. The summed E-state index contributed by atoms with van der Waals surface area (Å²) in [6.45, 7) is 2.03. The van der Waals surface area contributed by atoms with Crippen molar-refractivity contribution in [3.05, 3.63) is 64.2 Å². The smallest absolute Gasteiger partial charge is 0.303 e. The highest BCUT2D eigenvalue weighted by Crippen LogP contribution is 2.54. The Bertz CT molecular complexity index is 1220. The van der Waals surface area contributed by atoms with E-state index in [0.29, 0.717) is 22.7 Å². The third-order valence-corrected chi connectivity index (χ3v) is 7.45. The number of anilines is 1. The monoisotopic (exact) mass is 481 g/mol. The van der Waals surface area contributed by atoms with Crippen molar-refractivity contribution in [2.45, 2.75) is 37.8 Å². The van der Waals surface area contributed by atoms with Gasteiger partial charge in [-0.05, 0) is 37.0 Å². The fraction of sp³-hybridized carbons (Fsp3) is 0.360. The van der Waals surface area contributed by atoms with Crippen LogP contribution in [0.15, 0.2) is 42.5 Å². The van der Waals surface area contributed by atoms with Crippen LogP contribution in [0.5, 0.6) is 0 Å². The van der Waals surface area contributed by atoms with Gasteiger partial charge in [-0.3, -0.25) is 29.4 Å². The highest BCUT2D eigenvalue weighted by Gasteiger charge is 2.70. The summed E-state index contributed by atoms with van der Waals surface area (Å²) in [7, 11) is 0. The van der Waals surface area contributed by atoms with E-state index in [1.165, 1.54) is 4.90 Å². The van der Waals surface area contributed by atoms with Gasteiger partial charge >= 0.3 is 5.97 Å². The van der Waals surface area contributed by atoms with Crippen molar-refractivity contribution >= 4 is 41.0 Å². The highest BCUT2D eigenvalue weighted by atomic mass is 35.5. The average molecular weight is 482 g/mol. The van der Waals surface area contributed by atoms with Gasteiger partial charge in [0.15, 0.2) is 0 Å². The number of imide groups is 1. The molecule has 2 aromatic carbocycles. The van der Waals surface area contributed by atoms with Crippen LogP contribution in [-0.4, -0.2) is 46.3 Å². The van der Waals surface area contributed by atoms with Gasteiger partial charge in [-0.1, -0.05) is 48.0 Å². The second kappa shape index (κ2) is 8.21. The Labute approximate surface area is 201 Å². The van der Waals surface area contributed by atoms with Crippen molar-refractivity contribution in [3.63, 3.8) is 0 Å². The number of likely N-dealkylation sites (tertiary alicyclic amines) is 1. The summed E-state index contributed by atoms with van der Waals surface area (Å²) in [5, 5.41) is 15.6. The van der Waals surface area contributed by atoms with Gasteiger partial charge < -0.3 is 10.4 Å². The van der Waals surface area contributed by atoms with Gasteiger partial charge in [0.05, 0.1) is 22.5 Å². The minimum absolute atomic E-state index is 0.117. The average Bonchev–Trinajstić information content (AvgIpc) is 3.37. The van der Waals surface area contributed by atoms with Crippen molar-refractivity contribution in [2.24, 2.45) is 11.8 Å². The quantitative estimate of drug-likeness (QED) is 0.546. The minimum atomic E-state index is -1.48. The molecule has 3 heterocycles. The number of fused-ring (bicyclic) bond motifs is 4. The van der Waals surface area contributed by atoms with E-state index in [1.807, 2.05) is 37.3 Å². The summed E-state index contributed by atoms with van der Waals surface area (Å²) in [5.74, 6) is -4.06. The largest absolute Gasteiger partial charge is 0.481 e. The van der Waals surface area contributed by atoms with Crippen molar-refractivity contribution in [1.29, 1.82) is 0 Å². The predicted octanol–water partition coefficient (Wildman–Crippen LogP) is 2.48. The molecule has 1 spiro atoms. The Hall–Kier alpha value is -3.23. The van der Waals surface area contributed by atoms with Gasteiger partial charge in [-0.25, -0.2) is 0 Å². The van der Waals surface area contributed by atoms with E-state index < -0.39 is 41.2 Å². The number of carbonyl (C=O) groups excluding carboxylic acids is 3. The van der Waals surface area contributed by atoms with Gasteiger partial charge in [-0.2, -0.15) is 0 Å². The highest BCUT2D eigenvalue weighted by molar-refractivity contribution is 6.35. The van der Waals surface area contributed by atoms with E-state index in [2.05, 4.69) is 10.6 Å². The first-order valence-electron chi connectivity index (χ1n) is 11.2. The Balaban J connectivity index is 1.55. The number of aliphatic carboxylic acids is 1. The topological polar surface area (TPSA) is 116 Å². The molecule has 2 aromatic rings. The van der Waals surface area contributed by atoms with E-state index >= 15 is 0 Å². The zero-order valence-electron chi connectivity index (χ0n) is 18.5. The van der Waals surface area contributed by atoms with Crippen LogP contribution in [0.25, 0.3) is 0 Å². The van der Waals surface area contributed by atoms with Gasteiger partial charge in [0.25, 0.3) is 0 Å². The molecule has 9 heteroatoms. The van der Waals surface area contributed by atoms with Gasteiger partial charge in [0.1, 0.15) is 5.54 Å². The first kappa shape index (κ1) is 22.6. The van der Waals surface area contributed by atoms with Crippen LogP contribution in [0.3, 0.4) is 0 Å². The standard InChI is InChI=1S/C25H24ClN3O5/c1-13-11-15-21(16(26)12-13)27-24(34)25(15)20-19(17(28-25)7-8-18(30)31)22(32)29(23(20)33)10-9-14-5-3-2-4-6-14/h2-6,11-12,17,19-20,28H,7-10H2,1H3,(H,27,34)(H,30,31)/t17-,19-,20-,25+/m1/s1. The molecule has 176 valence electrons. The number of nitrogens with zero attached hydrogens (tertiary/aromatic N) is 1. The summed E-state index contributed by atoms with van der Waals surface area (Å²) < 4.78 is 0. The predicted molar refractivity (Wildman–Crippen MR) is 124 cm³/mol. The lowest BCUT2D eigenvalue weighted by atomic mass is 9.76. The Morgan fingerprint density at radius 1 is 1.15 bits per heavy atom. The SMILES string of the molecule is Cc1cc(Cl)c2c(c1)[C@@]1(N[C@H](CCC(=O)O)[C@H]3C(=O)N(CCc4ccccc4)C(=O)[C@@H]31)C(=O)N2. The second-order valence-electron chi connectivity index (χ2n) is 9.18. The van der Waals surface area contributed by atoms with Crippen LogP contribution in [0, 0.1) is 18.8 Å². The molecule has 4 atom stereocenters. The molecule has 34 heavy (non-hydrogen) atoms. The summed E-state index contributed by atoms with van der Waals surface area (Å²) in [6, 6.07) is 12.4. The lowest BCUT2D eigenvalue weighted by Crippen LogP contribution is -2.53. The van der Waals surface area contributed by atoms with Gasteiger partial charge in [-0.15, -0.1) is 0 Å². The normalized spacial score (nSPS) is 27.3. The Kier molecular flexibility index (Phi) is 5.45. The molecule has 5 rings (SSSR count). The molecule has 3 amide bonds. The maximum absolute atomic E-state index is 13.7. The first-order valence-corrected chi connectivity index (χ1v) is 11.6. The number of carboxylic acid groups (broad SMARTS) is 1. The molecule has 3 N–H and O–H groups in total. The number of halogens is 1. The molecule has 0 aliphatic carbocycles. The van der Waals surface area contributed by atoms with Crippen molar-refractivity contribution < 1.29 is 24.3 Å². The van der Waals surface area contributed by atoms with Crippen molar-refractivity contribution in [1.82, 2.24) is 10.2 Å². The number of aryl methyl sites for hydroxylation is 1. The summed E-state index contributed by atoms with van der Waals surface area (Å²) in [6.07, 6.45) is 0.420. The summed E-state index contributed by atoms with van der Waals surface area (Å²) >= 11 is 6.41. The number of hydrogen-bond donors (Lipinski definition) is 3. The van der Waals surface area contributed by atoms with E-state index in [0.717, 1.165) is 11.1 Å². The lowest BCUT2D eigenvalue weighted by Gasteiger charge is -2.29. The molecule has 0 saturated carbocycles. The molecule has 3 aliphatic rings. The Morgan fingerprint density at radius 2 is 1.88 bits per heavy atom. The molecular formula is C25H24ClN3O5. The van der Waals surface area contributed by atoms with Crippen LogP contribution >= 0.6 is 11.6 Å². The summed E-state index contributed by atoms with van der Waals surface area (Å²) in [5.41, 5.74) is 1.27. The number of hydrogen-bond acceptors (Lipinski definition) is 5. The zero-order chi connectivity index (χ0) is 24.2. The first-order chi connectivity index (χ1) is 16.2. The molecule has 0 aromatic heterocycles. The van der Waals surface area contributed by atoms with Crippen molar-refractivity contribution in [3.8, 4) is 0 Å². The van der Waals surface area contributed by atoms with E-state index in [9.17, 15) is 24.3 Å². The van der Waals surface area contributed by atoms with E-state index in [1.54, 1.807) is 12.1 Å². The van der Waals surface area contributed by atoms with Crippen LogP contribution in [-0.2, 0) is 31.1 Å². The summed E-state index contributed by atoms with van der Waals surface area (Å²) in [4.78, 5) is 53.2. The second-order valence-corrected chi connectivity index (χ2v) is 9.59. The van der Waals surface area contributed by atoms with Crippen LogP contribution < -0.4 is 10.6 Å². The number of amides is 3. The number of carbonyl (C=O) groups is 4. The third kappa shape index (κ3) is 3.32. The van der Waals surface area contributed by atoms with Gasteiger partial charge in [0.2, 0.25) is 17.7 Å². The maximum atomic E-state index is 13.7. The van der Waals surface area contributed by atoms with E-state index in [4.69, 9.17) is 11.6 Å². The molecule has 8 nitrogen and oxygen atoms in total. The van der Waals surface area contributed by atoms with Gasteiger partial charge in [0, 0.05) is 24.6 Å². The maximum Gasteiger partial charge on any atom is 0.303 e. The third-order valence-electron chi connectivity index (χ3n) is 7.15. The van der Waals surface area contributed by atoms with Crippen LogP contribution in [0.1, 0.15) is 29.5 Å². The van der Waals surface area contributed by atoms with Crippen molar-refractivity contribution in [2.75, 3.05) is 11.9 Å². The fourth-order valence-electron chi connectivity index (χ4n) is 5.69. The molecule has 3 aliphatic heterocycles. The van der Waals surface area contributed by atoms with Crippen LogP contribution in [0.4, 0.5) is 5.69 Å². The molecular weight excluding hydrogens is 458 g/mol. The molecule has 2 fully saturated rings. The number of carboxylic acids is 1. The zero-order valence-corrected chi connectivity index (χ0v) is 19.3. The number of rotatable bonds is 6. The number of nitrogens with one attached hydrogen (secondary N) is 2. The molecule has 0 radical (unpaired) electrons. The molecule has 2 saturated heterocycles.